The van der Waals surface area contributed by atoms with Gasteiger partial charge in [-0.25, -0.2) is 0 Å². The van der Waals surface area contributed by atoms with Crippen LogP contribution in [0.1, 0.15) is 32.6 Å². The first-order chi connectivity index (χ1) is 11.3. The summed E-state index contributed by atoms with van der Waals surface area (Å²) in [5.74, 6) is 1.66. The second kappa shape index (κ2) is 8.02. The Labute approximate surface area is 140 Å². The van der Waals surface area contributed by atoms with Crippen LogP contribution in [0.25, 0.3) is 0 Å². The molecule has 23 heavy (non-hydrogen) atoms. The lowest BCUT2D eigenvalue weighted by Gasteiger charge is -2.38. The number of ether oxygens (including phenoxy) is 2. The summed E-state index contributed by atoms with van der Waals surface area (Å²) in [6.07, 6.45) is 4.87. The molecule has 0 bridgehead atoms. The van der Waals surface area contributed by atoms with Crippen LogP contribution in [0, 0.1) is 5.92 Å². The molecular weight excluding hydrogens is 288 g/mol. The zero-order valence-corrected chi connectivity index (χ0v) is 14.5. The SMILES string of the molecule is CC[C@H](N[C@H]1CCCN(c2ccccc2OC)C1)[C@H]1CCOC1. The fraction of sp³-hybridized carbons (Fsp3) is 0.684. The van der Waals surface area contributed by atoms with E-state index in [4.69, 9.17) is 9.47 Å². The molecular formula is C19H30N2O2. The zero-order valence-electron chi connectivity index (χ0n) is 14.5. The van der Waals surface area contributed by atoms with Gasteiger partial charge in [0.2, 0.25) is 0 Å². The van der Waals surface area contributed by atoms with Gasteiger partial charge < -0.3 is 19.7 Å². The van der Waals surface area contributed by atoms with Crippen molar-refractivity contribution < 1.29 is 9.47 Å². The van der Waals surface area contributed by atoms with Crippen molar-refractivity contribution in [2.24, 2.45) is 5.92 Å². The van der Waals surface area contributed by atoms with Crippen molar-refractivity contribution in [2.45, 2.75) is 44.7 Å². The highest BCUT2D eigenvalue weighted by Gasteiger charge is 2.29. The first kappa shape index (κ1) is 16.6. The smallest absolute Gasteiger partial charge is 0.142 e. The van der Waals surface area contributed by atoms with E-state index in [0.717, 1.165) is 32.1 Å². The van der Waals surface area contributed by atoms with Crippen molar-refractivity contribution in [2.75, 3.05) is 38.3 Å². The minimum Gasteiger partial charge on any atom is -0.495 e. The summed E-state index contributed by atoms with van der Waals surface area (Å²) in [5, 5.41) is 3.92. The van der Waals surface area contributed by atoms with Gasteiger partial charge in [-0.1, -0.05) is 19.1 Å². The molecule has 1 aromatic rings. The number of hydrogen-bond donors (Lipinski definition) is 1. The molecule has 0 aromatic heterocycles. The molecule has 0 amide bonds. The van der Waals surface area contributed by atoms with Crippen LogP contribution >= 0.6 is 0 Å². The summed E-state index contributed by atoms with van der Waals surface area (Å²) in [4.78, 5) is 2.47. The van der Waals surface area contributed by atoms with Crippen molar-refractivity contribution in [3.8, 4) is 5.75 Å². The standard InChI is InChI=1S/C19H30N2O2/c1-3-17(15-10-12-23-14-15)20-16-7-6-11-21(13-16)18-8-4-5-9-19(18)22-2/h4-5,8-9,15-17,20H,3,6-7,10-14H2,1-2H3/t15-,16-,17-/m0/s1. The van der Waals surface area contributed by atoms with Gasteiger partial charge in [0.05, 0.1) is 19.4 Å². The lowest BCUT2D eigenvalue weighted by molar-refractivity contribution is 0.172. The van der Waals surface area contributed by atoms with Crippen LogP contribution in [0.2, 0.25) is 0 Å². The van der Waals surface area contributed by atoms with Crippen LogP contribution < -0.4 is 15.0 Å². The number of nitrogens with zero attached hydrogens (tertiary/aromatic N) is 1. The molecule has 3 atom stereocenters. The van der Waals surface area contributed by atoms with E-state index in [9.17, 15) is 0 Å². The summed E-state index contributed by atoms with van der Waals surface area (Å²) in [6.45, 7) is 6.32. The normalized spacial score (nSPS) is 26.3. The number of benzene rings is 1. The molecule has 0 spiro atoms. The van der Waals surface area contributed by atoms with E-state index in [0.29, 0.717) is 18.0 Å². The van der Waals surface area contributed by atoms with Crippen LogP contribution in [0.5, 0.6) is 5.75 Å². The highest BCUT2D eigenvalue weighted by atomic mass is 16.5. The molecule has 2 heterocycles. The fourth-order valence-electron chi connectivity index (χ4n) is 3.98. The van der Waals surface area contributed by atoms with Gasteiger partial charge >= 0.3 is 0 Å². The number of anilines is 1. The molecule has 1 N–H and O–H groups in total. The summed E-state index contributed by atoms with van der Waals surface area (Å²) in [5.41, 5.74) is 1.22. The number of para-hydroxylation sites is 2. The van der Waals surface area contributed by atoms with Gasteiger partial charge in [-0.15, -0.1) is 0 Å². The van der Waals surface area contributed by atoms with Gasteiger partial charge in [0.15, 0.2) is 0 Å². The predicted octanol–water partition coefficient (Wildman–Crippen LogP) is 3.07. The molecule has 0 aliphatic carbocycles. The molecule has 1 aromatic carbocycles. The van der Waals surface area contributed by atoms with Crippen LogP contribution in [-0.4, -0.2) is 45.5 Å². The minimum absolute atomic E-state index is 0.555. The Morgan fingerprint density at radius 2 is 2.22 bits per heavy atom. The molecule has 2 fully saturated rings. The van der Waals surface area contributed by atoms with E-state index in [1.54, 1.807) is 7.11 Å². The quantitative estimate of drug-likeness (QED) is 0.874. The molecule has 4 heteroatoms. The second-order valence-corrected chi connectivity index (χ2v) is 6.76. The molecule has 0 saturated carbocycles. The van der Waals surface area contributed by atoms with Crippen LogP contribution in [-0.2, 0) is 4.74 Å². The van der Waals surface area contributed by atoms with Crippen LogP contribution in [0.4, 0.5) is 5.69 Å². The highest BCUT2D eigenvalue weighted by Crippen LogP contribution is 2.30. The van der Waals surface area contributed by atoms with E-state index in [-0.39, 0.29) is 0 Å². The molecule has 3 rings (SSSR count). The van der Waals surface area contributed by atoms with Gasteiger partial charge in [-0.05, 0) is 43.7 Å². The van der Waals surface area contributed by atoms with Crippen molar-refractivity contribution in [3.63, 3.8) is 0 Å². The summed E-state index contributed by atoms with van der Waals surface area (Å²) in [6, 6.07) is 9.49. The Balaban J connectivity index is 1.63. The van der Waals surface area contributed by atoms with E-state index < -0.39 is 0 Å². The van der Waals surface area contributed by atoms with Crippen molar-refractivity contribution in [1.29, 1.82) is 0 Å². The Bertz CT molecular complexity index is 488. The maximum Gasteiger partial charge on any atom is 0.142 e. The molecule has 2 aliphatic rings. The molecule has 0 unspecified atom stereocenters. The molecule has 128 valence electrons. The molecule has 4 nitrogen and oxygen atoms in total. The number of hydrogen-bond acceptors (Lipinski definition) is 4. The number of rotatable bonds is 6. The summed E-state index contributed by atoms with van der Waals surface area (Å²) < 4.78 is 11.1. The first-order valence-electron chi connectivity index (χ1n) is 9.03. The molecule has 2 saturated heterocycles. The Morgan fingerprint density at radius 1 is 1.35 bits per heavy atom. The third-order valence-electron chi connectivity index (χ3n) is 5.27. The van der Waals surface area contributed by atoms with Crippen molar-refractivity contribution >= 4 is 5.69 Å². The highest BCUT2D eigenvalue weighted by molar-refractivity contribution is 5.58. The minimum atomic E-state index is 0.555. The first-order valence-corrected chi connectivity index (χ1v) is 9.03. The third-order valence-corrected chi connectivity index (χ3v) is 5.27. The molecule has 0 radical (unpaired) electrons. The van der Waals surface area contributed by atoms with E-state index in [1.165, 1.54) is 31.4 Å². The lowest BCUT2D eigenvalue weighted by Crippen LogP contribution is -2.51. The van der Waals surface area contributed by atoms with Gasteiger partial charge in [0.25, 0.3) is 0 Å². The maximum absolute atomic E-state index is 5.58. The van der Waals surface area contributed by atoms with Gasteiger partial charge in [-0.2, -0.15) is 0 Å². The average Bonchev–Trinajstić information content (AvgIpc) is 3.14. The number of piperidine rings is 1. The zero-order chi connectivity index (χ0) is 16.1. The fourth-order valence-corrected chi connectivity index (χ4v) is 3.98. The Hall–Kier alpha value is -1.26. The van der Waals surface area contributed by atoms with Gasteiger partial charge in [-0.3, -0.25) is 0 Å². The second-order valence-electron chi connectivity index (χ2n) is 6.76. The van der Waals surface area contributed by atoms with E-state index in [2.05, 4.69) is 35.3 Å². The third kappa shape index (κ3) is 3.99. The van der Waals surface area contributed by atoms with E-state index >= 15 is 0 Å². The molecule has 2 aliphatic heterocycles. The maximum atomic E-state index is 5.58. The Morgan fingerprint density at radius 3 is 2.96 bits per heavy atom. The van der Waals surface area contributed by atoms with E-state index in [1.807, 2.05) is 6.07 Å². The number of methoxy groups -OCH3 is 1. The van der Waals surface area contributed by atoms with Crippen LogP contribution in [0.3, 0.4) is 0 Å². The van der Waals surface area contributed by atoms with Crippen molar-refractivity contribution in [3.05, 3.63) is 24.3 Å². The topological polar surface area (TPSA) is 33.7 Å². The van der Waals surface area contributed by atoms with Crippen molar-refractivity contribution in [1.82, 2.24) is 5.32 Å². The lowest BCUT2D eigenvalue weighted by atomic mass is 9.94. The van der Waals surface area contributed by atoms with Gasteiger partial charge in [0.1, 0.15) is 5.75 Å². The monoisotopic (exact) mass is 318 g/mol. The summed E-state index contributed by atoms with van der Waals surface area (Å²) >= 11 is 0. The van der Waals surface area contributed by atoms with Gasteiger partial charge in [0, 0.05) is 31.8 Å². The summed E-state index contributed by atoms with van der Waals surface area (Å²) in [7, 11) is 1.76. The average molecular weight is 318 g/mol. The number of nitrogens with one attached hydrogen (secondary N) is 1. The largest absolute Gasteiger partial charge is 0.495 e. The Kier molecular flexibility index (Phi) is 5.79. The van der Waals surface area contributed by atoms with Crippen LogP contribution in [0.15, 0.2) is 24.3 Å². The predicted molar refractivity (Wildman–Crippen MR) is 94.4 cm³/mol.